The highest BCUT2D eigenvalue weighted by Crippen LogP contribution is 2.36. The molecule has 1 saturated carbocycles. The maximum atomic E-state index is 12.2. The van der Waals surface area contributed by atoms with E-state index in [1.54, 1.807) is 6.20 Å². The SMILES string of the molecule is O=C(/C=C/c1ccc2c(c1)CCO2)OC1CCCC1c1cccnc1. The van der Waals surface area contributed by atoms with Gasteiger partial charge in [-0.2, -0.15) is 0 Å². The first-order chi connectivity index (χ1) is 12.3. The smallest absolute Gasteiger partial charge is 0.331 e. The van der Waals surface area contributed by atoms with Gasteiger partial charge in [0.15, 0.2) is 0 Å². The zero-order valence-electron chi connectivity index (χ0n) is 14.1. The number of esters is 1. The van der Waals surface area contributed by atoms with Crippen LogP contribution < -0.4 is 4.74 Å². The Bertz CT molecular complexity index is 785. The van der Waals surface area contributed by atoms with Crippen molar-refractivity contribution in [3.8, 4) is 5.75 Å². The van der Waals surface area contributed by atoms with Gasteiger partial charge in [-0.05, 0) is 60.2 Å². The van der Waals surface area contributed by atoms with Crippen molar-refractivity contribution in [1.29, 1.82) is 0 Å². The molecule has 4 heteroatoms. The monoisotopic (exact) mass is 335 g/mol. The van der Waals surface area contributed by atoms with E-state index < -0.39 is 0 Å². The number of benzene rings is 1. The quantitative estimate of drug-likeness (QED) is 0.628. The van der Waals surface area contributed by atoms with Crippen LogP contribution in [0.25, 0.3) is 6.08 Å². The number of carbonyl (C=O) groups is 1. The first kappa shape index (κ1) is 15.9. The third-order valence-corrected chi connectivity index (χ3v) is 4.96. The van der Waals surface area contributed by atoms with Crippen molar-refractivity contribution in [3.05, 3.63) is 65.5 Å². The molecule has 1 aliphatic carbocycles. The van der Waals surface area contributed by atoms with E-state index in [-0.39, 0.29) is 18.0 Å². The topological polar surface area (TPSA) is 48.4 Å². The van der Waals surface area contributed by atoms with Crippen molar-refractivity contribution in [1.82, 2.24) is 4.98 Å². The Morgan fingerprint density at radius 1 is 1.28 bits per heavy atom. The average Bonchev–Trinajstić information content (AvgIpc) is 3.29. The largest absolute Gasteiger partial charge is 0.493 e. The van der Waals surface area contributed by atoms with E-state index in [0.29, 0.717) is 0 Å². The number of nitrogens with zero attached hydrogens (tertiary/aromatic N) is 1. The molecule has 2 atom stereocenters. The van der Waals surface area contributed by atoms with E-state index in [1.165, 1.54) is 11.6 Å². The number of aromatic nitrogens is 1. The molecule has 2 aliphatic rings. The standard InChI is InChI=1S/C21H21NO3/c23-21(9-7-15-6-8-19-16(13-15)10-12-24-19)25-20-5-1-4-18(20)17-3-2-11-22-14-17/h2-3,6-9,11,13-14,18,20H,1,4-5,10,12H2/b9-7+. The van der Waals surface area contributed by atoms with Gasteiger partial charge in [-0.3, -0.25) is 4.98 Å². The summed E-state index contributed by atoms with van der Waals surface area (Å²) in [5.74, 6) is 0.922. The highest BCUT2D eigenvalue weighted by atomic mass is 16.5. The highest BCUT2D eigenvalue weighted by molar-refractivity contribution is 5.87. The third-order valence-electron chi connectivity index (χ3n) is 4.96. The summed E-state index contributed by atoms with van der Waals surface area (Å²) in [6.07, 6.45) is 10.9. The Balaban J connectivity index is 1.40. The summed E-state index contributed by atoms with van der Waals surface area (Å²) in [5, 5.41) is 0. The van der Waals surface area contributed by atoms with Crippen molar-refractivity contribution < 1.29 is 14.3 Å². The number of carbonyl (C=O) groups excluding carboxylic acids is 1. The number of hydrogen-bond donors (Lipinski definition) is 0. The minimum Gasteiger partial charge on any atom is -0.493 e. The molecule has 1 aromatic heterocycles. The van der Waals surface area contributed by atoms with Gasteiger partial charge in [-0.15, -0.1) is 0 Å². The molecule has 25 heavy (non-hydrogen) atoms. The Morgan fingerprint density at radius 3 is 3.12 bits per heavy atom. The van der Waals surface area contributed by atoms with Crippen molar-refractivity contribution in [2.24, 2.45) is 0 Å². The van der Waals surface area contributed by atoms with E-state index in [9.17, 15) is 4.79 Å². The molecule has 1 fully saturated rings. The molecule has 0 radical (unpaired) electrons. The molecule has 0 N–H and O–H groups in total. The Morgan fingerprint density at radius 2 is 2.24 bits per heavy atom. The molecular weight excluding hydrogens is 314 g/mol. The number of rotatable bonds is 4. The van der Waals surface area contributed by atoms with Gasteiger partial charge in [0.1, 0.15) is 11.9 Å². The average molecular weight is 335 g/mol. The van der Waals surface area contributed by atoms with E-state index in [0.717, 1.165) is 49.2 Å². The van der Waals surface area contributed by atoms with Gasteiger partial charge in [-0.25, -0.2) is 4.79 Å². The van der Waals surface area contributed by atoms with Crippen LogP contribution in [-0.4, -0.2) is 23.7 Å². The van der Waals surface area contributed by atoms with Crippen LogP contribution in [-0.2, 0) is 16.0 Å². The van der Waals surface area contributed by atoms with E-state index in [1.807, 2.05) is 30.5 Å². The molecule has 128 valence electrons. The van der Waals surface area contributed by atoms with E-state index in [2.05, 4.69) is 17.1 Å². The molecule has 2 heterocycles. The minimum absolute atomic E-state index is 0.0604. The normalized spacial score (nSPS) is 21.9. The first-order valence-corrected chi connectivity index (χ1v) is 8.84. The second-order valence-electron chi connectivity index (χ2n) is 6.60. The summed E-state index contributed by atoms with van der Waals surface area (Å²) in [7, 11) is 0. The minimum atomic E-state index is -0.280. The van der Waals surface area contributed by atoms with Crippen molar-refractivity contribution in [3.63, 3.8) is 0 Å². The maximum Gasteiger partial charge on any atom is 0.331 e. The Hall–Kier alpha value is -2.62. The predicted molar refractivity (Wildman–Crippen MR) is 95.4 cm³/mol. The van der Waals surface area contributed by atoms with Gasteiger partial charge in [0.25, 0.3) is 0 Å². The van der Waals surface area contributed by atoms with Crippen LogP contribution in [0.15, 0.2) is 48.8 Å². The van der Waals surface area contributed by atoms with Crippen LogP contribution in [0.3, 0.4) is 0 Å². The van der Waals surface area contributed by atoms with Crippen LogP contribution in [0, 0.1) is 0 Å². The van der Waals surface area contributed by atoms with E-state index >= 15 is 0 Å². The highest BCUT2D eigenvalue weighted by Gasteiger charge is 2.31. The van der Waals surface area contributed by atoms with Crippen molar-refractivity contribution >= 4 is 12.0 Å². The summed E-state index contributed by atoms with van der Waals surface area (Å²) >= 11 is 0. The summed E-state index contributed by atoms with van der Waals surface area (Å²) in [4.78, 5) is 16.4. The summed E-state index contributed by atoms with van der Waals surface area (Å²) in [5.41, 5.74) is 3.35. The predicted octanol–water partition coefficient (Wildman–Crippen LogP) is 3.91. The van der Waals surface area contributed by atoms with Gasteiger partial charge in [0, 0.05) is 30.8 Å². The van der Waals surface area contributed by atoms with Gasteiger partial charge in [-0.1, -0.05) is 12.1 Å². The second kappa shape index (κ2) is 7.09. The van der Waals surface area contributed by atoms with Crippen LogP contribution in [0.2, 0.25) is 0 Å². The molecule has 0 saturated heterocycles. The van der Waals surface area contributed by atoms with Crippen LogP contribution in [0.4, 0.5) is 0 Å². The molecular formula is C21H21NO3. The fraction of sp³-hybridized carbons (Fsp3) is 0.333. The van der Waals surface area contributed by atoms with Gasteiger partial charge in [0.2, 0.25) is 0 Å². The number of ether oxygens (including phenoxy) is 2. The summed E-state index contributed by atoms with van der Waals surface area (Å²) < 4.78 is 11.2. The lowest BCUT2D eigenvalue weighted by atomic mass is 9.97. The molecule has 2 aromatic rings. The summed E-state index contributed by atoms with van der Waals surface area (Å²) in [6.45, 7) is 0.738. The molecule has 4 rings (SSSR count). The van der Waals surface area contributed by atoms with E-state index in [4.69, 9.17) is 9.47 Å². The van der Waals surface area contributed by atoms with Crippen LogP contribution in [0.1, 0.15) is 41.9 Å². The van der Waals surface area contributed by atoms with Crippen molar-refractivity contribution in [2.45, 2.75) is 37.7 Å². The lowest BCUT2D eigenvalue weighted by Crippen LogP contribution is -2.20. The fourth-order valence-corrected chi connectivity index (χ4v) is 3.71. The lowest BCUT2D eigenvalue weighted by molar-refractivity contribution is -0.143. The number of hydrogen-bond acceptors (Lipinski definition) is 4. The molecule has 1 aliphatic heterocycles. The van der Waals surface area contributed by atoms with Gasteiger partial charge >= 0.3 is 5.97 Å². The first-order valence-electron chi connectivity index (χ1n) is 8.84. The molecule has 4 nitrogen and oxygen atoms in total. The molecule has 1 aromatic carbocycles. The Kier molecular flexibility index (Phi) is 4.51. The zero-order valence-corrected chi connectivity index (χ0v) is 14.1. The maximum absolute atomic E-state index is 12.2. The zero-order chi connectivity index (χ0) is 17.1. The molecule has 0 bridgehead atoms. The fourth-order valence-electron chi connectivity index (χ4n) is 3.71. The second-order valence-corrected chi connectivity index (χ2v) is 6.60. The number of fused-ring (bicyclic) bond motifs is 1. The Labute approximate surface area is 147 Å². The third kappa shape index (κ3) is 3.58. The van der Waals surface area contributed by atoms with Gasteiger partial charge < -0.3 is 9.47 Å². The molecule has 0 amide bonds. The van der Waals surface area contributed by atoms with Crippen molar-refractivity contribution in [2.75, 3.05) is 6.61 Å². The molecule has 2 unspecified atom stereocenters. The molecule has 0 spiro atoms. The summed E-state index contributed by atoms with van der Waals surface area (Å²) in [6, 6.07) is 9.99. The van der Waals surface area contributed by atoms with Crippen LogP contribution >= 0.6 is 0 Å². The lowest BCUT2D eigenvalue weighted by Gasteiger charge is -2.19. The number of pyridine rings is 1. The van der Waals surface area contributed by atoms with Gasteiger partial charge in [0.05, 0.1) is 6.61 Å². The van der Waals surface area contributed by atoms with Crippen LogP contribution in [0.5, 0.6) is 5.75 Å².